The molecular formula is C22H26Cl2N2O2S. The summed E-state index contributed by atoms with van der Waals surface area (Å²) in [7, 11) is 0. The number of hydrogen-bond acceptors (Lipinski definition) is 3. The van der Waals surface area contributed by atoms with Crippen LogP contribution in [0.25, 0.3) is 0 Å². The maximum atomic E-state index is 13.1. The van der Waals surface area contributed by atoms with Gasteiger partial charge in [-0.05, 0) is 50.1 Å². The molecule has 0 heterocycles. The highest BCUT2D eigenvalue weighted by atomic mass is 35.5. The summed E-state index contributed by atoms with van der Waals surface area (Å²) in [6, 6.07) is 14.3. The van der Waals surface area contributed by atoms with Crippen LogP contribution in [-0.2, 0) is 16.1 Å². The lowest BCUT2D eigenvalue weighted by atomic mass is 10.1. The summed E-state index contributed by atoms with van der Waals surface area (Å²) in [5, 5.41) is 3.95. The normalized spacial score (nSPS) is 12.9. The van der Waals surface area contributed by atoms with Crippen molar-refractivity contribution in [3.8, 4) is 0 Å². The van der Waals surface area contributed by atoms with Gasteiger partial charge in [-0.1, -0.05) is 54.4 Å². The van der Waals surface area contributed by atoms with E-state index < -0.39 is 6.04 Å². The minimum Gasteiger partial charge on any atom is -0.352 e. The first kappa shape index (κ1) is 23.6. The van der Waals surface area contributed by atoms with E-state index in [-0.39, 0.29) is 30.2 Å². The number of nitrogens with one attached hydrogen (secondary N) is 1. The van der Waals surface area contributed by atoms with E-state index in [1.165, 1.54) is 11.8 Å². The standard InChI is InChI=1S/C22H26Cl2N2O2S/c1-4-15(2)25-22(28)16(3)26(13-17-10-11-18(23)12-20(17)24)21(27)14-29-19-8-6-5-7-9-19/h5-12,15-16H,4,13-14H2,1-3H3,(H,25,28). The van der Waals surface area contributed by atoms with Gasteiger partial charge in [-0.25, -0.2) is 0 Å². The Bertz CT molecular complexity index is 833. The minimum atomic E-state index is -0.625. The van der Waals surface area contributed by atoms with Crippen LogP contribution in [0.3, 0.4) is 0 Å². The van der Waals surface area contributed by atoms with Gasteiger partial charge in [0.1, 0.15) is 6.04 Å². The summed E-state index contributed by atoms with van der Waals surface area (Å²) in [5.41, 5.74) is 0.748. The Balaban J connectivity index is 2.18. The van der Waals surface area contributed by atoms with Crippen LogP contribution in [0, 0.1) is 0 Å². The lowest BCUT2D eigenvalue weighted by Gasteiger charge is -2.30. The van der Waals surface area contributed by atoms with Crippen molar-refractivity contribution in [2.24, 2.45) is 0 Å². The maximum absolute atomic E-state index is 13.1. The summed E-state index contributed by atoms with van der Waals surface area (Å²) in [5.74, 6) is -0.0740. The molecule has 2 amide bonds. The zero-order valence-electron chi connectivity index (χ0n) is 16.8. The van der Waals surface area contributed by atoms with Crippen LogP contribution in [0.1, 0.15) is 32.8 Å². The van der Waals surface area contributed by atoms with Crippen LogP contribution in [0.2, 0.25) is 10.0 Å². The third-order valence-corrected chi connectivity index (χ3v) is 6.21. The van der Waals surface area contributed by atoms with Crippen molar-refractivity contribution in [2.45, 2.75) is 50.7 Å². The second kappa shape index (κ2) is 11.5. The number of amides is 2. The lowest BCUT2D eigenvalue weighted by molar-refractivity contribution is -0.138. The van der Waals surface area contributed by atoms with E-state index in [9.17, 15) is 9.59 Å². The van der Waals surface area contributed by atoms with Crippen molar-refractivity contribution in [1.82, 2.24) is 10.2 Å². The van der Waals surface area contributed by atoms with Crippen LogP contribution in [0.4, 0.5) is 0 Å². The van der Waals surface area contributed by atoms with Crippen LogP contribution in [0.5, 0.6) is 0 Å². The second-order valence-corrected chi connectivity index (χ2v) is 8.75. The number of hydrogen-bond donors (Lipinski definition) is 1. The summed E-state index contributed by atoms with van der Waals surface area (Å²) in [6.07, 6.45) is 0.819. The van der Waals surface area contributed by atoms with E-state index in [0.717, 1.165) is 16.9 Å². The fourth-order valence-electron chi connectivity index (χ4n) is 2.63. The Morgan fingerprint density at radius 3 is 2.41 bits per heavy atom. The average Bonchev–Trinajstić information content (AvgIpc) is 2.71. The van der Waals surface area contributed by atoms with Crippen LogP contribution in [-0.4, -0.2) is 34.6 Å². The third kappa shape index (κ3) is 7.25. The summed E-state index contributed by atoms with van der Waals surface area (Å²) < 4.78 is 0. The van der Waals surface area contributed by atoms with Gasteiger partial charge in [0, 0.05) is 27.5 Å². The second-order valence-electron chi connectivity index (χ2n) is 6.85. The van der Waals surface area contributed by atoms with E-state index in [4.69, 9.17) is 23.2 Å². The number of halogens is 2. The largest absolute Gasteiger partial charge is 0.352 e. The predicted octanol–water partition coefficient (Wildman–Crippen LogP) is 5.42. The molecule has 0 bridgehead atoms. The molecule has 4 nitrogen and oxygen atoms in total. The highest BCUT2D eigenvalue weighted by molar-refractivity contribution is 8.00. The zero-order valence-corrected chi connectivity index (χ0v) is 19.2. The van der Waals surface area contributed by atoms with Crippen LogP contribution in [0.15, 0.2) is 53.4 Å². The predicted molar refractivity (Wildman–Crippen MR) is 122 cm³/mol. The van der Waals surface area contributed by atoms with E-state index in [1.54, 1.807) is 30.0 Å². The molecule has 0 radical (unpaired) electrons. The van der Waals surface area contributed by atoms with Crippen molar-refractivity contribution < 1.29 is 9.59 Å². The highest BCUT2D eigenvalue weighted by Gasteiger charge is 2.27. The van der Waals surface area contributed by atoms with Gasteiger partial charge in [-0.15, -0.1) is 11.8 Å². The smallest absolute Gasteiger partial charge is 0.242 e. The van der Waals surface area contributed by atoms with Crippen molar-refractivity contribution in [2.75, 3.05) is 5.75 Å². The van der Waals surface area contributed by atoms with E-state index >= 15 is 0 Å². The Labute approximate surface area is 187 Å². The number of rotatable bonds is 9. The van der Waals surface area contributed by atoms with Crippen molar-refractivity contribution in [3.63, 3.8) is 0 Å². The summed E-state index contributed by atoms with van der Waals surface area (Å²) >= 11 is 13.7. The van der Waals surface area contributed by atoms with Gasteiger partial charge in [-0.3, -0.25) is 9.59 Å². The first-order chi connectivity index (χ1) is 13.8. The first-order valence-electron chi connectivity index (χ1n) is 9.53. The minimum absolute atomic E-state index is 0.0414. The summed E-state index contributed by atoms with van der Waals surface area (Å²) in [4.78, 5) is 28.3. The molecule has 0 aromatic heterocycles. The molecule has 156 valence electrons. The van der Waals surface area contributed by atoms with Gasteiger partial charge in [0.15, 0.2) is 0 Å². The van der Waals surface area contributed by atoms with Crippen molar-refractivity contribution >= 4 is 46.8 Å². The Morgan fingerprint density at radius 2 is 1.79 bits per heavy atom. The van der Waals surface area contributed by atoms with Crippen molar-refractivity contribution in [1.29, 1.82) is 0 Å². The number of thioether (sulfide) groups is 1. The summed E-state index contributed by atoms with van der Waals surface area (Å²) in [6.45, 7) is 5.92. The van der Waals surface area contributed by atoms with Gasteiger partial charge >= 0.3 is 0 Å². The van der Waals surface area contributed by atoms with Gasteiger partial charge in [0.2, 0.25) is 11.8 Å². The van der Waals surface area contributed by atoms with E-state index in [2.05, 4.69) is 5.32 Å². The number of carbonyl (C=O) groups is 2. The van der Waals surface area contributed by atoms with Gasteiger partial charge < -0.3 is 10.2 Å². The quantitative estimate of drug-likeness (QED) is 0.516. The molecule has 2 unspecified atom stereocenters. The molecule has 0 aliphatic heterocycles. The van der Waals surface area contributed by atoms with Gasteiger partial charge in [0.25, 0.3) is 0 Å². The molecule has 7 heteroatoms. The number of benzene rings is 2. The molecule has 2 aromatic rings. The fraction of sp³-hybridized carbons (Fsp3) is 0.364. The van der Waals surface area contributed by atoms with Crippen LogP contribution >= 0.6 is 35.0 Å². The molecule has 0 aliphatic carbocycles. The third-order valence-electron chi connectivity index (χ3n) is 4.63. The number of nitrogens with zero attached hydrogens (tertiary/aromatic N) is 1. The monoisotopic (exact) mass is 452 g/mol. The molecule has 2 rings (SSSR count). The highest BCUT2D eigenvalue weighted by Crippen LogP contribution is 2.24. The number of carbonyl (C=O) groups excluding carboxylic acids is 2. The topological polar surface area (TPSA) is 49.4 Å². The molecule has 0 saturated carbocycles. The molecule has 0 aliphatic rings. The van der Waals surface area contributed by atoms with E-state index in [1.807, 2.05) is 44.2 Å². The Morgan fingerprint density at radius 1 is 1.10 bits per heavy atom. The SMILES string of the molecule is CCC(C)NC(=O)C(C)N(Cc1ccc(Cl)cc1Cl)C(=O)CSc1ccccc1. The van der Waals surface area contributed by atoms with E-state index in [0.29, 0.717) is 10.0 Å². The first-order valence-corrected chi connectivity index (χ1v) is 11.3. The van der Waals surface area contributed by atoms with Crippen LogP contribution < -0.4 is 5.32 Å². The maximum Gasteiger partial charge on any atom is 0.242 e. The lowest BCUT2D eigenvalue weighted by Crippen LogP contribution is -2.50. The average molecular weight is 453 g/mol. The molecular weight excluding hydrogens is 427 g/mol. The molecule has 29 heavy (non-hydrogen) atoms. The molecule has 0 spiro atoms. The molecule has 0 saturated heterocycles. The van der Waals surface area contributed by atoms with Gasteiger partial charge in [-0.2, -0.15) is 0 Å². The molecule has 2 atom stereocenters. The van der Waals surface area contributed by atoms with Crippen molar-refractivity contribution in [3.05, 3.63) is 64.1 Å². The molecule has 2 aromatic carbocycles. The fourth-order valence-corrected chi connectivity index (χ4v) is 3.90. The molecule has 0 fully saturated rings. The Kier molecular flexibility index (Phi) is 9.34. The van der Waals surface area contributed by atoms with Gasteiger partial charge in [0.05, 0.1) is 5.75 Å². The Hall–Kier alpha value is -1.69. The molecule has 1 N–H and O–H groups in total. The zero-order chi connectivity index (χ0) is 21.4.